The van der Waals surface area contributed by atoms with Crippen LogP contribution in [0, 0.1) is 0 Å². The lowest BCUT2D eigenvalue weighted by Gasteiger charge is -2.29. The second kappa shape index (κ2) is 14.0. The molecule has 0 bridgehead atoms. The SMILES string of the molecule is CCOP(=O)(OCC)OC(c1cccc(OCCc2ccccn2)c1)P(=O)(OCC)OCC. The first kappa shape index (κ1) is 27.7. The molecule has 0 saturated carbocycles. The molecule has 1 aromatic carbocycles. The smallest absolute Gasteiger partial charge is 0.475 e. The molecule has 0 aliphatic carbocycles. The fourth-order valence-corrected chi connectivity index (χ4v) is 6.54. The van der Waals surface area contributed by atoms with Gasteiger partial charge in [0.15, 0.2) is 5.85 Å². The van der Waals surface area contributed by atoms with Crippen LogP contribution in [0.1, 0.15) is 44.8 Å². The Balaban J connectivity index is 2.32. The minimum absolute atomic E-state index is 0.0776. The third-order valence-electron chi connectivity index (χ3n) is 4.20. The molecular weight excluding hydrogens is 468 g/mol. The average Bonchev–Trinajstić information content (AvgIpc) is 2.79. The van der Waals surface area contributed by atoms with E-state index >= 15 is 0 Å². The Morgan fingerprint density at radius 3 is 2.09 bits per heavy atom. The summed E-state index contributed by atoms with van der Waals surface area (Å²) in [6, 6.07) is 12.5. The highest BCUT2D eigenvalue weighted by Crippen LogP contribution is 2.67. The molecule has 33 heavy (non-hydrogen) atoms. The molecule has 1 unspecified atom stereocenters. The summed E-state index contributed by atoms with van der Waals surface area (Å²) in [6.45, 7) is 7.43. The van der Waals surface area contributed by atoms with Crippen LogP contribution >= 0.6 is 15.4 Å². The van der Waals surface area contributed by atoms with E-state index in [1.165, 1.54) is 0 Å². The molecule has 1 heterocycles. The van der Waals surface area contributed by atoms with Crippen LogP contribution in [0.2, 0.25) is 0 Å². The van der Waals surface area contributed by atoms with Crippen molar-refractivity contribution < 1.29 is 36.5 Å². The summed E-state index contributed by atoms with van der Waals surface area (Å²) >= 11 is 0. The number of hydrogen-bond donors (Lipinski definition) is 0. The first-order valence-electron chi connectivity index (χ1n) is 11.0. The van der Waals surface area contributed by atoms with Crippen molar-refractivity contribution in [3.8, 4) is 5.75 Å². The van der Waals surface area contributed by atoms with E-state index in [4.69, 9.17) is 27.4 Å². The topological polar surface area (TPSA) is 102 Å². The number of rotatable bonds is 16. The van der Waals surface area contributed by atoms with Gasteiger partial charge < -0.3 is 13.8 Å². The maximum absolute atomic E-state index is 13.7. The Labute approximate surface area is 195 Å². The first-order chi connectivity index (χ1) is 15.9. The summed E-state index contributed by atoms with van der Waals surface area (Å²) in [5.74, 6) is -0.833. The first-order valence-corrected chi connectivity index (χ1v) is 14.1. The maximum Gasteiger partial charge on any atom is 0.475 e. The van der Waals surface area contributed by atoms with Crippen LogP contribution in [0.5, 0.6) is 5.75 Å². The van der Waals surface area contributed by atoms with Crippen LogP contribution in [-0.2, 0) is 38.2 Å². The van der Waals surface area contributed by atoms with Crippen LogP contribution in [-0.4, -0.2) is 38.0 Å². The average molecular weight is 501 g/mol. The van der Waals surface area contributed by atoms with Crippen LogP contribution in [0.25, 0.3) is 0 Å². The summed E-state index contributed by atoms with van der Waals surface area (Å²) in [4.78, 5) is 4.28. The quantitative estimate of drug-likeness (QED) is 0.250. The van der Waals surface area contributed by atoms with Crippen molar-refractivity contribution in [1.82, 2.24) is 4.98 Å². The van der Waals surface area contributed by atoms with E-state index in [2.05, 4.69) is 4.98 Å². The Hall–Kier alpha value is -1.57. The second-order valence-electron chi connectivity index (χ2n) is 6.61. The summed E-state index contributed by atoms with van der Waals surface area (Å²) in [5, 5.41) is 0. The van der Waals surface area contributed by atoms with E-state index in [0.717, 1.165) is 5.69 Å². The van der Waals surface area contributed by atoms with Gasteiger partial charge >= 0.3 is 15.4 Å². The molecule has 0 aliphatic rings. The summed E-state index contributed by atoms with van der Waals surface area (Å²) in [7, 11) is -7.95. The highest BCUT2D eigenvalue weighted by Gasteiger charge is 2.44. The van der Waals surface area contributed by atoms with Gasteiger partial charge in [0.1, 0.15) is 5.75 Å². The molecule has 0 N–H and O–H groups in total. The minimum atomic E-state index is -4.04. The van der Waals surface area contributed by atoms with E-state index in [-0.39, 0.29) is 26.4 Å². The standard InChI is InChI=1S/C22H33NO8P2/c1-5-27-32(24,28-6-2)22(31-33(25,29-7-3)30-8-4)19-12-11-14-21(18-19)26-17-15-20-13-9-10-16-23-20/h9-14,16,18,22H,5-8,15,17H2,1-4H3. The molecule has 0 aliphatic heterocycles. The van der Waals surface area contributed by atoms with E-state index in [9.17, 15) is 9.13 Å². The predicted octanol–water partition coefficient (Wildman–Crippen LogP) is 6.17. The van der Waals surface area contributed by atoms with Gasteiger partial charge in [-0.05, 0) is 57.5 Å². The fraction of sp³-hybridized carbons (Fsp3) is 0.500. The van der Waals surface area contributed by atoms with Crippen LogP contribution in [0.3, 0.4) is 0 Å². The Kier molecular flexibility index (Phi) is 11.7. The number of pyridine rings is 1. The zero-order chi connectivity index (χ0) is 24.2. The molecule has 0 spiro atoms. The number of benzene rings is 1. The highest BCUT2D eigenvalue weighted by molar-refractivity contribution is 7.55. The van der Waals surface area contributed by atoms with Gasteiger partial charge in [-0.3, -0.25) is 23.1 Å². The van der Waals surface area contributed by atoms with Crippen molar-refractivity contribution >= 4 is 15.4 Å². The Morgan fingerprint density at radius 1 is 0.848 bits per heavy atom. The molecule has 0 amide bonds. The largest absolute Gasteiger partial charge is 0.493 e. The number of hydrogen-bond acceptors (Lipinski definition) is 9. The highest BCUT2D eigenvalue weighted by atomic mass is 31.2. The molecule has 1 atom stereocenters. The van der Waals surface area contributed by atoms with Crippen molar-refractivity contribution in [3.05, 3.63) is 59.9 Å². The normalized spacial score (nSPS) is 13.1. The van der Waals surface area contributed by atoms with E-state index in [1.54, 1.807) is 58.2 Å². The lowest BCUT2D eigenvalue weighted by Crippen LogP contribution is -2.12. The molecule has 9 nitrogen and oxygen atoms in total. The lowest BCUT2D eigenvalue weighted by atomic mass is 10.2. The van der Waals surface area contributed by atoms with Gasteiger partial charge in [-0.25, -0.2) is 4.57 Å². The molecular formula is C22H33NO8P2. The van der Waals surface area contributed by atoms with Crippen LogP contribution < -0.4 is 4.74 Å². The molecule has 11 heteroatoms. The molecule has 2 rings (SSSR count). The van der Waals surface area contributed by atoms with Crippen molar-refractivity contribution in [2.75, 3.05) is 33.0 Å². The van der Waals surface area contributed by atoms with Crippen molar-refractivity contribution in [3.63, 3.8) is 0 Å². The third-order valence-corrected chi connectivity index (χ3v) is 8.20. The van der Waals surface area contributed by atoms with Gasteiger partial charge in [0.25, 0.3) is 0 Å². The van der Waals surface area contributed by atoms with Gasteiger partial charge in [0.05, 0.1) is 33.0 Å². The van der Waals surface area contributed by atoms with Gasteiger partial charge in [-0.2, -0.15) is 0 Å². The number of nitrogens with zero attached hydrogens (tertiary/aromatic N) is 1. The summed E-state index contributed by atoms with van der Waals surface area (Å²) in [5.41, 5.74) is 1.30. The van der Waals surface area contributed by atoms with E-state index in [1.807, 2.05) is 18.2 Å². The molecule has 0 saturated heterocycles. The molecule has 2 aromatic rings. The zero-order valence-electron chi connectivity index (χ0n) is 19.5. The summed E-state index contributed by atoms with van der Waals surface area (Å²) in [6.07, 6.45) is 2.34. The number of phosphoric acid groups is 1. The van der Waals surface area contributed by atoms with Gasteiger partial charge in [0, 0.05) is 18.3 Å². The van der Waals surface area contributed by atoms with E-state index in [0.29, 0.717) is 24.3 Å². The third kappa shape index (κ3) is 8.62. The number of aromatic nitrogens is 1. The molecule has 0 radical (unpaired) electrons. The van der Waals surface area contributed by atoms with Crippen LogP contribution in [0.4, 0.5) is 0 Å². The number of phosphoric ester groups is 1. The summed E-state index contributed by atoms with van der Waals surface area (Å²) < 4.78 is 59.9. The van der Waals surface area contributed by atoms with Gasteiger partial charge in [0.2, 0.25) is 0 Å². The van der Waals surface area contributed by atoms with Gasteiger partial charge in [-0.1, -0.05) is 18.2 Å². The van der Waals surface area contributed by atoms with Gasteiger partial charge in [-0.15, -0.1) is 0 Å². The van der Waals surface area contributed by atoms with Crippen LogP contribution in [0.15, 0.2) is 48.7 Å². The Morgan fingerprint density at radius 2 is 1.52 bits per heavy atom. The zero-order valence-corrected chi connectivity index (χ0v) is 21.3. The lowest BCUT2D eigenvalue weighted by molar-refractivity contribution is 0.0891. The van der Waals surface area contributed by atoms with Crippen molar-refractivity contribution in [1.29, 1.82) is 0 Å². The van der Waals surface area contributed by atoms with Crippen molar-refractivity contribution in [2.24, 2.45) is 0 Å². The predicted molar refractivity (Wildman–Crippen MR) is 125 cm³/mol. The Bertz CT molecular complexity index is 908. The van der Waals surface area contributed by atoms with Crippen molar-refractivity contribution in [2.45, 2.75) is 40.0 Å². The second-order valence-corrected chi connectivity index (χ2v) is 10.3. The maximum atomic E-state index is 13.7. The molecule has 0 fully saturated rings. The fourth-order valence-electron chi connectivity index (χ4n) is 2.95. The molecule has 1 aromatic heterocycles. The molecule has 184 valence electrons. The number of ether oxygens (including phenoxy) is 1. The minimum Gasteiger partial charge on any atom is -0.493 e. The van der Waals surface area contributed by atoms with E-state index < -0.39 is 21.3 Å². The monoisotopic (exact) mass is 501 g/mol.